The van der Waals surface area contributed by atoms with Crippen LogP contribution >= 0.6 is 12.4 Å². The van der Waals surface area contributed by atoms with Gasteiger partial charge in [-0.3, -0.25) is 9.59 Å². The van der Waals surface area contributed by atoms with Gasteiger partial charge in [-0.1, -0.05) is 52.0 Å². The minimum absolute atomic E-state index is 0. The normalized spacial score (nSPS) is 13.2. The molecule has 0 spiro atoms. The van der Waals surface area contributed by atoms with Crippen LogP contribution in [0, 0.1) is 5.92 Å². The Bertz CT molecular complexity index is 530. The Kier molecular flexibility index (Phi) is 9.63. The van der Waals surface area contributed by atoms with E-state index < -0.39 is 6.04 Å². The molecule has 1 aromatic carbocycles. The van der Waals surface area contributed by atoms with Crippen LogP contribution in [0.5, 0.6) is 0 Å². The van der Waals surface area contributed by atoms with Gasteiger partial charge >= 0.3 is 0 Å². The maximum Gasteiger partial charge on any atom is 0.239 e. The van der Waals surface area contributed by atoms with Gasteiger partial charge in [0.15, 0.2) is 0 Å². The van der Waals surface area contributed by atoms with Gasteiger partial charge in [0.2, 0.25) is 11.8 Å². The Morgan fingerprint density at radius 1 is 1.00 bits per heavy atom. The van der Waals surface area contributed by atoms with Crippen LogP contribution in [0.4, 0.5) is 0 Å². The van der Waals surface area contributed by atoms with E-state index in [-0.39, 0.29) is 42.7 Å². The molecule has 2 atom stereocenters. The number of hydrogen-bond donors (Lipinski definition) is 3. The van der Waals surface area contributed by atoms with Gasteiger partial charge in [0, 0.05) is 0 Å². The molecule has 136 valence electrons. The van der Waals surface area contributed by atoms with Gasteiger partial charge in [0.1, 0.15) is 0 Å². The molecule has 6 heteroatoms. The topological polar surface area (TPSA) is 84.2 Å². The molecule has 0 radical (unpaired) electrons. The van der Waals surface area contributed by atoms with Crippen LogP contribution in [-0.2, 0) is 9.59 Å². The summed E-state index contributed by atoms with van der Waals surface area (Å²) in [6.07, 6.45) is 0. The van der Waals surface area contributed by atoms with Gasteiger partial charge in [0.05, 0.1) is 18.6 Å². The first-order valence-corrected chi connectivity index (χ1v) is 8.14. The van der Waals surface area contributed by atoms with Gasteiger partial charge in [-0.2, -0.15) is 0 Å². The second-order valence-electron chi connectivity index (χ2n) is 6.60. The quantitative estimate of drug-likeness (QED) is 0.702. The van der Waals surface area contributed by atoms with E-state index in [1.165, 1.54) is 5.56 Å². The SMILES string of the molecule is CC(C)c1ccc(C(C)NC(=O)CNC(=O)[C@@H](N)C(C)C)cc1.Cl. The fourth-order valence-corrected chi connectivity index (χ4v) is 2.13. The van der Waals surface area contributed by atoms with Crippen molar-refractivity contribution in [2.24, 2.45) is 11.7 Å². The summed E-state index contributed by atoms with van der Waals surface area (Å²) in [5.74, 6) is -0.00962. The van der Waals surface area contributed by atoms with Crippen molar-refractivity contribution < 1.29 is 9.59 Å². The number of carbonyl (C=O) groups is 2. The van der Waals surface area contributed by atoms with Crippen molar-refractivity contribution in [1.82, 2.24) is 10.6 Å². The third-order valence-corrected chi connectivity index (χ3v) is 3.92. The predicted octanol–water partition coefficient (Wildman–Crippen LogP) is 2.51. The Labute approximate surface area is 151 Å². The van der Waals surface area contributed by atoms with Crippen molar-refractivity contribution in [3.8, 4) is 0 Å². The van der Waals surface area contributed by atoms with Gasteiger partial charge in [-0.05, 0) is 29.9 Å². The molecule has 4 N–H and O–H groups in total. The van der Waals surface area contributed by atoms with Crippen LogP contribution < -0.4 is 16.4 Å². The average Bonchev–Trinajstić information content (AvgIpc) is 2.51. The lowest BCUT2D eigenvalue weighted by molar-refractivity contribution is -0.127. The van der Waals surface area contributed by atoms with E-state index in [0.29, 0.717) is 5.92 Å². The molecule has 0 fully saturated rings. The zero-order chi connectivity index (χ0) is 17.6. The molecule has 24 heavy (non-hydrogen) atoms. The molecular formula is C18H30ClN3O2. The number of carbonyl (C=O) groups excluding carboxylic acids is 2. The number of hydrogen-bond acceptors (Lipinski definition) is 3. The lowest BCUT2D eigenvalue weighted by atomic mass is 9.99. The highest BCUT2D eigenvalue weighted by Gasteiger charge is 2.18. The smallest absolute Gasteiger partial charge is 0.239 e. The monoisotopic (exact) mass is 355 g/mol. The van der Waals surface area contributed by atoms with Crippen molar-refractivity contribution in [2.75, 3.05) is 6.54 Å². The van der Waals surface area contributed by atoms with E-state index in [1.807, 2.05) is 32.9 Å². The number of nitrogens with two attached hydrogens (primary N) is 1. The predicted molar refractivity (Wildman–Crippen MR) is 100 cm³/mol. The largest absolute Gasteiger partial charge is 0.348 e. The summed E-state index contributed by atoms with van der Waals surface area (Å²) in [6, 6.07) is 7.49. The number of benzene rings is 1. The van der Waals surface area contributed by atoms with Crippen LogP contribution in [-0.4, -0.2) is 24.4 Å². The summed E-state index contributed by atoms with van der Waals surface area (Å²) in [4.78, 5) is 23.7. The molecule has 0 aliphatic heterocycles. The van der Waals surface area contributed by atoms with Gasteiger partial charge in [-0.15, -0.1) is 12.4 Å². The van der Waals surface area contributed by atoms with Gasteiger partial charge in [0.25, 0.3) is 0 Å². The minimum atomic E-state index is -0.594. The highest BCUT2D eigenvalue weighted by molar-refractivity contribution is 5.87. The average molecular weight is 356 g/mol. The second kappa shape index (κ2) is 10.3. The highest BCUT2D eigenvalue weighted by atomic mass is 35.5. The summed E-state index contributed by atoms with van der Waals surface area (Å²) < 4.78 is 0. The van der Waals surface area contributed by atoms with E-state index in [2.05, 4.69) is 36.6 Å². The second-order valence-corrected chi connectivity index (χ2v) is 6.60. The maximum atomic E-state index is 11.9. The molecule has 2 amide bonds. The van der Waals surface area contributed by atoms with Gasteiger partial charge < -0.3 is 16.4 Å². The molecule has 0 aliphatic carbocycles. The Morgan fingerprint density at radius 2 is 1.50 bits per heavy atom. The third kappa shape index (κ3) is 6.89. The number of amides is 2. The molecule has 0 heterocycles. The Morgan fingerprint density at radius 3 is 1.96 bits per heavy atom. The zero-order valence-corrected chi connectivity index (χ0v) is 15.9. The van der Waals surface area contributed by atoms with Crippen molar-refractivity contribution >= 4 is 24.2 Å². The molecule has 1 aromatic rings. The molecule has 0 aromatic heterocycles. The summed E-state index contributed by atoms with van der Waals surface area (Å²) in [5, 5.41) is 5.44. The summed E-state index contributed by atoms with van der Waals surface area (Å²) in [5.41, 5.74) is 8.03. The van der Waals surface area contributed by atoms with Crippen LogP contribution in [0.15, 0.2) is 24.3 Å². The van der Waals surface area contributed by atoms with Crippen molar-refractivity contribution in [3.63, 3.8) is 0 Å². The first kappa shape index (κ1) is 22.4. The Balaban J connectivity index is 0.00000529. The number of halogens is 1. The number of rotatable bonds is 7. The molecule has 0 saturated carbocycles. The highest BCUT2D eigenvalue weighted by Crippen LogP contribution is 2.18. The fraction of sp³-hybridized carbons (Fsp3) is 0.556. The minimum Gasteiger partial charge on any atom is -0.348 e. The lowest BCUT2D eigenvalue weighted by Gasteiger charge is -2.17. The van der Waals surface area contributed by atoms with Crippen LogP contribution in [0.25, 0.3) is 0 Å². The van der Waals surface area contributed by atoms with Crippen molar-refractivity contribution in [2.45, 2.75) is 52.6 Å². The van der Waals surface area contributed by atoms with E-state index in [0.717, 1.165) is 5.56 Å². The van der Waals surface area contributed by atoms with Crippen LogP contribution in [0.3, 0.4) is 0 Å². The molecular weight excluding hydrogens is 326 g/mol. The van der Waals surface area contributed by atoms with Crippen LogP contribution in [0.2, 0.25) is 0 Å². The van der Waals surface area contributed by atoms with Crippen molar-refractivity contribution in [3.05, 3.63) is 35.4 Å². The van der Waals surface area contributed by atoms with E-state index in [1.54, 1.807) is 0 Å². The molecule has 0 aliphatic rings. The van der Waals surface area contributed by atoms with Gasteiger partial charge in [-0.25, -0.2) is 0 Å². The maximum absolute atomic E-state index is 11.9. The molecule has 1 rings (SSSR count). The first-order chi connectivity index (χ1) is 10.7. The third-order valence-electron chi connectivity index (χ3n) is 3.92. The fourth-order valence-electron chi connectivity index (χ4n) is 2.13. The number of nitrogens with one attached hydrogen (secondary N) is 2. The standard InChI is InChI=1S/C18H29N3O2.ClH/c1-11(2)14-6-8-15(9-7-14)13(5)21-16(22)10-20-18(23)17(19)12(3)4;/h6-9,11-13,17H,10,19H2,1-5H3,(H,20,23)(H,21,22);1H/t13?,17-;/m0./s1. The zero-order valence-electron chi connectivity index (χ0n) is 15.1. The summed E-state index contributed by atoms with van der Waals surface area (Å²) in [6.45, 7) is 9.88. The van der Waals surface area contributed by atoms with Crippen LogP contribution in [0.1, 0.15) is 57.7 Å². The molecule has 5 nitrogen and oxygen atoms in total. The summed E-state index contributed by atoms with van der Waals surface area (Å²) in [7, 11) is 0. The van der Waals surface area contributed by atoms with E-state index in [9.17, 15) is 9.59 Å². The Hall–Kier alpha value is -1.59. The van der Waals surface area contributed by atoms with E-state index in [4.69, 9.17) is 5.73 Å². The molecule has 0 saturated heterocycles. The van der Waals surface area contributed by atoms with Crippen molar-refractivity contribution in [1.29, 1.82) is 0 Å². The first-order valence-electron chi connectivity index (χ1n) is 8.14. The van der Waals surface area contributed by atoms with E-state index >= 15 is 0 Å². The molecule has 0 bridgehead atoms. The molecule has 1 unspecified atom stereocenters. The summed E-state index contributed by atoms with van der Waals surface area (Å²) >= 11 is 0. The lowest BCUT2D eigenvalue weighted by Crippen LogP contribution is -2.47.